The van der Waals surface area contributed by atoms with Crippen molar-refractivity contribution in [3.05, 3.63) is 94.1 Å². The quantitative estimate of drug-likeness (QED) is 0.123. The third-order valence-electron chi connectivity index (χ3n) is 14.1. The number of hydrogen-bond acceptors (Lipinski definition) is 6. The largest absolute Gasteiger partial charge is 0.507 e. The summed E-state index contributed by atoms with van der Waals surface area (Å²) in [5.74, 6) is -0.0355. The summed E-state index contributed by atoms with van der Waals surface area (Å²) in [4.78, 5) is 24.3. The number of phenols is 3. The number of ketones is 1. The molecule has 0 bridgehead atoms. The van der Waals surface area contributed by atoms with Crippen LogP contribution in [-0.4, -0.2) is 39.3 Å². The lowest BCUT2D eigenvalue weighted by Gasteiger charge is -2.69. The summed E-state index contributed by atoms with van der Waals surface area (Å²) in [7, 11) is 1.51. The number of carbonyl (C=O) groups is 2. The van der Waals surface area contributed by atoms with Gasteiger partial charge in [-0.1, -0.05) is 69.7 Å². The van der Waals surface area contributed by atoms with E-state index in [2.05, 4.69) is 33.8 Å². The van der Waals surface area contributed by atoms with Crippen LogP contribution in [0.4, 0.5) is 0 Å². The molecule has 3 fully saturated rings. The van der Waals surface area contributed by atoms with Crippen LogP contribution in [0, 0.1) is 34.5 Å². The van der Waals surface area contributed by atoms with Gasteiger partial charge in [0.15, 0.2) is 17.3 Å². The van der Waals surface area contributed by atoms with Crippen molar-refractivity contribution in [3.8, 4) is 23.0 Å². The highest BCUT2D eigenvalue weighted by Gasteiger charge is 2.67. The molecule has 0 saturated heterocycles. The average Bonchev–Trinajstić information content (AvgIpc) is 3.09. The van der Waals surface area contributed by atoms with Gasteiger partial charge in [-0.25, -0.2) is 0 Å². The number of aliphatic carboxylic acids is 1. The second-order valence-corrected chi connectivity index (χ2v) is 16.7. The Kier molecular flexibility index (Phi) is 8.68. The Morgan fingerprint density at radius 2 is 1.50 bits per heavy atom. The molecule has 3 saturated carbocycles. The Balaban J connectivity index is 0.000000214. The van der Waals surface area contributed by atoms with Gasteiger partial charge in [-0.2, -0.15) is 0 Å². The van der Waals surface area contributed by atoms with Gasteiger partial charge in [-0.15, -0.1) is 0 Å². The first-order chi connectivity index (χ1) is 23.4. The second-order valence-electron chi connectivity index (χ2n) is 16.7. The molecular weight excluding hydrogens is 628 g/mol. The first-order valence-corrected chi connectivity index (χ1v) is 17.9. The highest BCUT2D eigenvalue weighted by atomic mass is 16.5. The number of aromatic hydroxyl groups is 3. The second kappa shape index (κ2) is 12.2. The fourth-order valence-electron chi connectivity index (χ4n) is 10.5. The number of benzene rings is 3. The molecule has 6 unspecified atom stereocenters. The van der Waals surface area contributed by atoms with E-state index in [4.69, 9.17) is 4.74 Å². The minimum atomic E-state index is -0.641. The highest BCUT2D eigenvalue weighted by Crippen LogP contribution is 2.74. The summed E-state index contributed by atoms with van der Waals surface area (Å²) in [6.07, 6.45) is 10.0. The smallest absolute Gasteiger partial charge is 0.309 e. The third-order valence-corrected chi connectivity index (χ3v) is 14.1. The summed E-state index contributed by atoms with van der Waals surface area (Å²) in [6.45, 7) is 13.5. The van der Waals surface area contributed by atoms with E-state index >= 15 is 0 Å². The molecule has 7 rings (SSSR count). The van der Waals surface area contributed by atoms with Crippen LogP contribution in [0.1, 0.15) is 112 Å². The number of carboxylic acids is 1. The standard InChI is InChI=1S/C29H40O4.C14H12O3/c1-17-18-7-8-21-27(4,19(18)15-20(30)23(17)31)12-14-29(6)22-16-26(3,24(32)33)10-9-25(22,2)11-13-28(21,29)5;1-17-11-7-8-12(13(15)9-11)14(16)10-5-3-2-4-6-10/h8,15,22,30-31H,7,9-14,16H2,1-6H3,(H,32,33);2-9,15H,1H3. The number of phenolic OH excluding ortho intramolecular Hbond substituents is 3. The number of ether oxygens (including phenoxy) is 1. The zero-order valence-electron chi connectivity index (χ0n) is 30.5. The summed E-state index contributed by atoms with van der Waals surface area (Å²) >= 11 is 0. The van der Waals surface area contributed by atoms with Gasteiger partial charge in [0.25, 0.3) is 0 Å². The molecule has 0 spiro atoms. The van der Waals surface area contributed by atoms with Crippen molar-refractivity contribution in [3.63, 3.8) is 0 Å². The molecule has 3 aromatic carbocycles. The molecule has 3 aromatic rings. The Labute approximate surface area is 296 Å². The molecule has 7 heteroatoms. The lowest BCUT2D eigenvalue weighted by atomic mass is 9.34. The average molecular weight is 681 g/mol. The first kappa shape index (κ1) is 35.6. The maximum atomic E-state index is 12.3. The monoisotopic (exact) mass is 680 g/mol. The fourth-order valence-corrected chi connectivity index (χ4v) is 10.5. The molecule has 0 heterocycles. The number of carbonyl (C=O) groups excluding carboxylic acids is 1. The Morgan fingerprint density at radius 3 is 2.14 bits per heavy atom. The van der Waals surface area contributed by atoms with Crippen LogP contribution in [-0.2, 0) is 16.6 Å². The van der Waals surface area contributed by atoms with Gasteiger partial charge in [0.1, 0.15) is 11.5 Å². The molecule has 0 aromatic heterocycles. The first-order valence-electron chi connectivity index (χ1n) is 17.9. The van der Waals surface area contributed by atoms with Crippen molar-refractivity contribution < 1.29 is 34.8 Å². The molecule has 4 aliphatic rings. The lowest BCUT2D eigenvalue weighted by Crippen LogP contribution is -2.62. The maximum Gasteiger partial charge on any atom is 0.309 e. The Morgan fingerprint density at radius 1 is 0.820 bits per heavy atom. The van der Waals surface area contributed by atoms with E-state index in [1.807, 2.05) is 26.0 Å². The summed E-state index contributed by atoms with van der Waals surface area (Å²) in [5.41, 5.74) is 4.83. The molecule has 4 aliphatic carbocycles. The van der Waals surface area contributed by atoms with Crippen molar-refractivity contribution in [2.45, 2.75) is 98.3 Å². The number of carboxylic acid groups (broad SMARTS) is 1. The number of hydrogen-bond donors (Lipinski definition) is 4. The highest BCUT2D eigenvalue weighted by molar-refractivity contribution is 6.10. The molecule has 50 heavy (non-hydrogen) atoms. The van der Waals surface area contributed by atoms with Crippen molar-refractivity contribution in [2.24, 2.45) is 27.6 Å². The molecule has 0 radical (unpaired) electrons. The molecule has 266 valence electrons. The maximum absolute atomic E-state index is 12.3. The number of fused-ring (bicyclic) bond motifs is 7. The van der Waals surface area contributed by atoms with Gasteiger partial charge in [0.2, 0.25) is 0 Å². The minimum Gasteiger partial charge on any atom is -0.507 e. The van der Waals surface area contributed by atoms with E-state index in [9.17, 15) is 30.0 Å². The van der Waals surface area contributed by atoms with Gasteiger partial charge in [-0.05, 0) is 122 Å². The van der Waals surface area contributed by atoms with Gasteiger partial charge in [0.05, 0.1) is 18.1 Å². The molecule has 0 aliphatic heterocycles. The van der Waals surface area contributed by atoms with Crippen molar-refractivity contribution >= 4 is 11.8 Å². The van der Waals surface area contributed by atoms with Gasteiger partial charge in [-0.3, -0.25) is 9.59 Å². The predicted octanol–water partition coefficient (Wildman–Crippen LogP) is 9.28. The summed E-state index contributed by atoms with van der Waals surface area (Å²) < 4.78 is 4.96. The number of methoxy groups -OCH3 is 1. The van der Waals surface area contributed by atoms with Gasteiger partial charge in [0, 0.05) is 17.0 Å². The molecule has 0 amide bonds. The van der Waals surface area contributed by atoms with Crippen molar-refractivity contribution in [1.82, 2.24) is 0 Å². The van der Waals surface area contributed by atoms with Crippen LogP contribution < -0.4 is 4.74 Å². The summed E-state index contributed by atoms with van der Waals surface area (Å²) in [5, 5.41) is 40.7. The minimum absolute atomic E-state index is 0.00431. The molecule has 6 atom stereocenters. The van der Waals surface area contributed by atoms with Crippen LogP contribution in [0.3, 0.4) is 0 Å². The SMILES string of the molecule is COc1ccc(C(=O)c2ccccc2)c(O)c1.Cc1c(O)c(O)cc2c1CC=C1C2(C)CCC2(C)C3CC(C)(C(=O)O)CCC3(C)CCC12C. The molecular formula is C43H52O7. The number of rotatable bonds is 4. The molecule has 4 N–H and O–H groups in total. The normalized spacial score (nSPS) is 32.5. The Bertz CT molecular complexity index is 1880. The van der Waals surface area contributed by atoms with Crippen molar-refractivity contribution in [2.75, 3.05) is 7.11 Å². The topological polar surface area (TPSA) is 124 Å². The van der Waals surface area contributed by atoms with Gasteiger partial charge >= 0.3 is 5.97 Å². The van der Waals surface area contributed by atoms with E-state index < -0.39 is 11.4 Å². The van der Waals surface area contributed by atoms with Crippen LogP contribution in [0.2, 0.25) is 0 Å². The van der Waals surface area contributed by atoms with Gasteiger partial charge < -0.3 is 25.2 Å². The van der Waals surface area contributed by atoms with Crippen LogP contribution >= 0.6 is 0 Å². The van der Waals surface area contributed by atoms with E-state index in [1.54, 1.807) is 36.4 Å². The van der Waals surface area contributed by atoms with E-state index in [0.717, 1.165) is 62.5 Å². The van der Waals surface area contributed by atoms with Crippen LogP contribution in [0.25, 0.3) is 0 Å². The van der Waals surface area contributed by atoms with E-state index in [1.165, 1.54) is 24.3 Å². The van der Waals surface area contributed by atoms with Crippen LogP contribution in [0.5, 0.6) is 23.0 Å². The Hall–Kier alpha value is -4.26. The molecule has 7 nitrogen and oxygen atoms in total. The third kappa shape index (κ3) is 5.30. The van der Waals surface area contributed by atoms with Crippen LogP contribution in [0.15, 0.2) is 66.2 Å². The van der Waals surface area contributed by atoms with Crippen molar-refractivity contribution in [1.29, 1.82) is 0 Å². The zero-order valence-corrected chi connectivity index (χ0v) is 30.5. The van der Waals surface area contributed by atoms with E-state index in [-0.39, 0.29) is 50.3 Å². The lowest BCUT2D eigenvalue weighted by molar-refractivity contribution is -0.177. The summed E-state index contributed by atoms with van der Waals surface area (Å²) in [6, 6.07) is 15.3. The predicted molar refractivity (Wildman–Crippen MR) is 194 cm³/mol. The zero-order chi connectivity index (χ0) is 36.4. The van der Waals surface area contributed by atoms with E-state index in [0.29, 0.717) is 17.2 Å². The number of allylic oxidation sites excluding steroid dienone is 2. The fraction of sp³-hybridized carbons (Fsp3) is 0.488.